The lowest BCUT2D eigenvalue weighted by Crippen LogP contribution is -2.39. The van der Waals surface area contributed by atoms with Gasteiger partial charge in [0.05, 0.1) is 0 Å². The summed E-state index contributed by atoms with van der Waals surface area (Å²) in [6.45, 7) is 2.22. The molecule has 0 saturated heterocycles. The van der Waals surface area contributed by atoms with Gasteiger partial charge in [-0.3, -0.25) is 4.79 Å². The van der Waals surface area contributed by atoms with Gasteiger partial charge in [-0.05, 0) is 38.0 Å². The fraction of sp³-hybridized carbons (Fsp3) is 0.917. The third kappa shape index (κ3) is 3.49. The average molecular weight is 213 g/mol. The van der Waals surface area contributed by atoms with Crippen molar-refractivity contribution >= 4 is 5.91 Å². The lowest BCUT2D eigenvalue weighted by atomic mass is 9.84. The molecule has 0 spiro atoms. The first-order valence-electron chi connectivity index (χ1n) is 6.05. The zero-order valence-electron chi connectivity index (χ0n) is 9.91. The van der Waals surface area contributed by atoms with Crippen LogP contribution in [0.1, 0.15) is 45.4 Å². The number of hydrogen-bond donors (Lipinski definition) is 1. The van der Waals surface area contributed by atoms with Crippen molar-refractivity contribution in [3.8, 4) is 0 Å². The fourth-order valence-electron chi connectivity index (χ4n) is 2.46. The molecule has 0 aliphatic heterocycles. The lowest BCUT2D eigenvalue weighted by molar-refractivity contribution is -0.132. The minimum Gasteiger partial charge on any atom is -0.396 e. The van der Waals surface area contributed by atoms with E-state index in [9.17, 15) is 4.79 Å². The maximum atomic E-state index is 11.5. The third-order valence-corrected chi connectivity index (χ3v) is 3.60. The van der Waals surface area contributed by atoms with Crippen molar-refractivity contribution in [2.45, 2.75) is 51.5 Å². The molecule has 1 rings (SSSR count). The van der Waals surface area contributed by atoms with E-state index in [1.165, 1.54) is 0 Å². The van der Waals surface area contributed by atoms with Crippen LogP contribution >= 0.6 is 0 Å². The van der Waals surface area contributed by atoms with Crippen LogP contribution in [0.5, 0.6) is 0 Å². The standard InChI is InChI=1S/C12H23NO2/c1-3-12(15)13(2)11-6-4-10(5-7-11)8-9-14/h10-11,14H,3-9H2,1-2H3. The summed E-state index contributed by atoms with van der Waals surface area (Å²) in [5.74, 6) is 0.928. The second-order valence-corrected chi connectivity index (χ2v) is 4.55. The smallest absolute Gasteiger partial charge is 0.222 e. The van der Waals surface area contributed by atoms with E-state index in [2.05, 4.69) is 0 Å². The van der Waals surface area contributed by atoms with Gasteiger partial charge in [-0.1, -0.05) is 6.92 Å². The number of hydrogen-bond acceptors (Lipinski definition) is 2. The third-order valence-electron chi connectivity index (χ3n) is 3.60. The number of carbonyl (C=O) groups is 1. The van der Waals surface area contributed by atoms with E-state index in [-0.39, 0.29) is 5.91 Å². The van der Waals surface area contributed by atoms with Crippen LogP contribution in [0, 0.1) is 5.92 Å². The predicted octanol–water partition coefficient (Wildman–Crippen LogP) is 1.80. The highest BCUT2D eigenvalue weighted by atomic mass is 16.3. The van der Waals surface area contributed by atoms with E-state index in [0.29, 0.717) is 25.0 Å². The van der Waals surface area contributed by atoms with Crippen LogP contribution in [0.4, 0.5) is 0 Å². The summed E-state index contributed by atoms with van der Waals surface area (Å²) in [6.07, 6.45) is 6.06. The average Bonchev–Trinajstić information content (AvgIpc) is 2.28. The first-order valence-corrected chi connectivity index (χ1v) is 6.05. The molecule has 0 unspecified atom stereocenters. The largest absolute Gasteiger partial charge is 0.396 e. The Kier molecular flexibility index (Phi) is 5.09. The zero-order chi connectivity index (χ0) is 11.3. The van der Waals surface area contributed by atoms with E-state index < -0.39 is 0 Å². The Morgan fingerprint density at radius 3 is 2.40 bits per heavy atom. The molecule has 1 N–H and O–H groups in total. The lowest BCUT2D eigenvalue weighted by Gasteiger charge is -2.34. The number of nitrogens with zero attached hydrogens (tertiary/aromatic N) is 1. The second-order valence-electron chi connectivity index (χ2n) is 4.55. The summed E-state index contributed by atoms with van der Waals surface area (Å²) in [7, 11) is 1.92. The minimum absolute atomic E-state index is 0.251. The van der Waals surface area contributed by atoms with E-state index >= 15 is 0 Å². The van der Waals surface area contributed by atoms with E-state index in [4.69, 9.17) is 5.11 Å². The van der Waals surface area contributed by atoms with Gasteiger partial charge >= 0.3 is 0 Å². The molecule has 0 atom stereocenters. The van der Waals surface area contributed by atoms with Gasteiger partial charge in [0.25, 0.3) is 0 Å². The molecule has 0 heterocycles. The summed E-state index contributed by atoms with van der Waals surface area (Å²) in [6, 6.07) is 0.437. The number of rotatable bonds is 4. The summed E-state index contributed by atoms with van der Waals surface area (Å²) < 4.78 is 0. The Labute approximate surface area is 92.5 Å². The quantitative estimate of drug-likeness (QED) is 0.773. The highest BCUT2D eigenvalue weighted by Crippen LogP contribution is 2.29. The van der Waals surface area contributed by atoms with Gasteiger partial charge in [0, 0.05) is 26.1 Å². The van der Waals surface area contributed by atoms with Crippen LogP contribution in [-0.2, 0) is 4.79 Å². The Balaban J connectivity index is 2.33. The van der Waals surface area contributed by atoms with E-state index in [1.54, 1.807) is 0 Å². The number of amides is 1. The molecule has 1 amide bonds. The Morgan fingerprint density at radius 2 is 1.93 bits per heavy atom. The van der Waals surface area contributed by atoms with E-state index in [1.807, 2.05) is 18.9 Å². The van der Waals surface area contributed by atoms with Gasteiger partial charge in [-0.15, -0.1) is 0 Å². The fourth-order valence-corrected chi connectivity index (χ4v) is 2.46. The van der Waals surface area contributed by atoms with Crippen LogP contribution in [0.3, 0.4) is 0 Å². The van der Waals surface area contributed by atoms with Gasteiger partial charge in [-0.25, -0.2) is 0 Å². The number of carbonyl (C=O) groups excluding carboxylic acids is 1. The zero-order valence-corrected chi connectivity index (χ0v) is 9.91. The SMILES string of the molecule is CCC(=O)N(C)C1CCC(CCO)CC1. The second kappa shape index (κ2) is 6.11. The first kappa shape index (κ1) is 12.5. The molecular weight excluding hydrogens is 190 g/mol. The van der Waals surface area contributed by atoms with Crippen LogP contribution in [0.15, 0.2) is 0 Å². The highest BCUT2D eigenvalue weighted by molar-refractivity contribution is 5.75. The molecule has 0 bridgehead atoms. The molecule has 15 heavy (non-hydrogen) atoms. The van der Waals surface area contributed by atoms with Gasteiger partial charge in [0.15, 0.2) is 0 Å². The highest BCUT2D eigenvalue weighted by Gasteiger charge is 2.25. The monoisotopic (exact) mass is 213 g/mol. The van der Waals surface area contributed by atoms with Crippen molar-refractivity contribution in [2.24, 2.45) is 5.92 Å². The normalized spacial score (nSPS) is 26.3. The van der Waals surface area contributed by atoms with Crippen molar-refractivity contribution in [2.75, 3.05) is 13.7 Å². The van der Waals surface area contributed by atoms with Crippen LogP contribution in [-0.4, -0.2) is 35.6 Å². The van der Waals surface area contributed by atoms with Gasteiger partial charge in [0.2, 0.25) is 5.91 Å². The molecule has 3 heteroatoms. The number of aliphatic hydroxyl groups excluding tert-OH is 1. The molecule has 1 aliphatic rings. The molecule has 1 aliphatic carbocycles. The van der Waals surface area contributed by atoms with Crippen molar-refractivity contribution < 1.29 is 9.90 Å². The molecule has 1 fully saturated rings. The van der Waals surface area contributed by atoms with Crippen LogP contribution < -0.4 is 0 Å². The summed E-state index contributed by atoms with van der Waals surface area (Å²) in [4.78, 5) is 13.4. The molecule has 0 aromatic carbocycles. The Bertz CT molecular complexity index is 198. The topological polar surface area (TPSA) is 40.5 Å². The van der Waals surface area contributed by atoms with Crippen molar-refractivity contribution in [3.63, 3.8) is 0 Å². The van der Waals surface area contributed by atoms with E-state index in [0.717, 1.165) is 32.1 Å². The first-order chi connectivity index (χ1) is 7.19. The molecule has 0 radical (unpaired) electrons. The minimum atomic E-state index is 0.251. The molecule has 3 nitrogen and oxygen atoms in total. The maximum absolute atomic E-state index is 11.5. The predicted molar refractivity (Wildman–Crippen MR) is 60.5 cm³/mol. The molecule has 1 saturated carbocycles. The Hall–Kier alpha value is -0.570. The summed E-state index contributed by atoms with van der Waals surface area (Å²) in [5.41, 5.74) is 0. The van der Waals surface area contributed by atoms with Crippen molar-refractivity contribution in [1.29, 1.82) is 0 Å². The molecule has 88 valence electrons. The van der Waals surface area contributed by atoms with Gasteiger partial charge in [-0.2, -0.15) is 0 Å². The molecular formula is C12H23NO2. The summed E-state index contributed by atoms with van der Waals surface area (Å²) >= 11 is 0. The number of aliphatic hydroxyl groups is 1. The summed E-state index contributed by atoms with van der Waals surface area (Å²) in [5, 5.41) is 8.86. The Morgan fingerprint density at radius 1 is 1.33 bits per heavy atom. The molecule has 0 aromatic heterocycles. The van der Waals surface area contributed by atoms with Crippen molar-refractivity contribution in [1.82, 2.24) is 4.90 Å². The van der Waals surface area contributed by atoms with Gasteiger partial charge < -0.3 is 10.0 Å². The maximum Gasteiger partial charge on any atom is 0.222 e. The van der Waals surface area contributed by atoms with Crippen LogP contribution in [0.2, 0.25) is 0 Å². The van der Waals surface area contributed by atoms with Crippen molar-refractivity contribution in [3.05, 3.63) is 0 Å². The van der Waals surface area contributed by atoms with Crippen LogP contribution in [0.25, 0.3) is 0 Å². The van der Waals surface area contributed by atoms with Gasteiger partial charge in [0.1, 0.15) is 0 Å². The molecule has 0 aromatic rings.